The van der Waals surface area contributed by atoms with E-state index in [-0.39, 0.29) is 11.6 Å². The van der Waals surface area contributed by atoms with Gasteiger partial charge in [0.25, 0.3) is 0 Å². The molecule has 0 aromatic heterocycles. The summed E-state index contributed by atoms with van der Waals surface area (Å²) in [4.78, 5) is 11.6. The highest BCUT2D eigenvalue weighted by atomic mass is 31.1. The molecule has 0 radical (unpaired) electrons. The van der Waals surface area contributed by atoms with E-state index in [0.717, 1.165) is 12.6 Å². The molecule has 0 N–H and O–H groups in total. The minimum atomic E-state index is -0.00451. The lowest BCUT2D eigenvalue weighted by Gasteiger charge is -2.16. The zero-order valence-electron chi connectivity index (χ0n) is 11.2. The van der Waals surface area contributed by atoms with E-state index in [1.807, 2.05) is 6.92 Å². The molecule has 0 aliphatic heterocycles. The summed E-state index contributed by atoms with van der Waals surface area (Å²) in [6.45, 7) is 9.07. The van der Waals surface area contributed by atoms with Gasteiger partial charge in [-0.05, 0) is 25.4 Å². The molecule has 0 fully saturated rings. The van der Waals surface area contributed by atoms with Crippen LogP contribution in [0.15, 0.2) is 0 Å². The topological polar surface area (TPSA) is 26.3 Å². The summed E-state index contributed by atoms with van der Waals surface area (Å²) in [5.41, 5.74) is 0.0914. The quantitative estimate of drug-likeness (QED) is 0.456. The fourth-order valence-corrected chi connectivity index (χ4v) is 2.47. The van der Waals surface area contributed by atoms with E-state index >= 15 is 0 Å². The van der Waals surface area contributed by atoms with Crippen LogP contribution in [0.4, 0.5) is 0 Å². The Morgan fingerprint density at radius 2 is 2.00 bits per heavy atom. The highest BCUT2D eigenvalue weighted by Gasteiger charge is 2.15. The zero-order valence-corrected chi connectivity index (χ0v) is 12.2. The normalized spacial score (nSPS) is 15.2. The van der Waals surface area contributed by atoms with Crippen molar-refractivity contribution in [3.63, 3.8) is 0 Å². The molecule has 0 bridgehead atoms. The number of ether oxygens (including phenoxy) is 1. The molecule has 2 nitrogen and oxygen atoms in total. The smallest absolute Gasteiger partial charge is 0.312 e. The molecule has 0 aromatic carbocycles. The molecule has 3 atom stereocenters. The van der Waals surface area contributed by atoms with Crippen LogP contribution >= 0.6 is 8.58 Å². The van der Waals surface area contributed by atoms with Gasteiger partial charge < -0.3 is 4.74 Å². The van der Waals surface area contributed by atoms with Crippen molar-refractivity contribution in [2.24, 2.45) is 5.92 Å². The molecule has 0 aliphatic rings. The van der Waals surface area contributed by atoms with E-state index in [2.05, 4.69) is 20.8 Å². The van der Waals surface area contributed by atoms with Crippen LogP contribution in [0.1, 0.15) is 53.4 Å². The maximum atomic E-state index is 11.6. The van der Waals surface area contributed by atoms with Crippen molar-refractivity contribution in [3.8, 4) is 0 Å². The first-order valence-electron chi connectivity index (χ1n) is 6.55. The predicted molar refractivity (Wildman–Crippen MR) is 72.6 cm³/mol. The minimum Gasteiger partial charge on any atom is -0.465 e. The van der Waals surface area contributed by atoms with Gasteiger partial charge in [0, 0.05) is 0 Å². The second-order valence-electron chi connectivity index (χ2n) is 4.33. The Labute approximate surface area is 102 Å². The maximum Gasteiger partial charge on any atom is 0.312 e. The van der Waals surface area contributed by atoms with Gasteiger partial charge in [0.05, 0.1) is 12.3 Å². The highest BCUT2D eigenvalue weighted by Crippen LogP contribution is 2.20. The van der Waals surface area contributed by atoms with Crippen LogP contribution in [-0.2, 0) is 9.53 Å². The molecule has 0 aliphatic carbocycles. The third-order valence-corrected chi connectivity index (χ3v) is 4.12. The van der Waals surface area contributed by atoms with Crippen LogP contribution in [0.2, 0.25) is 0 Å². The Morgan fingerprint density at radius 3 is 2.50 bits per heavy atom. The SMILES string of the molecule is CCCCC(CC)COC(=O)C(C)PCC. The van der Waals surface area contributed by atoms with Gasteiger partial charge in [-0.25, -0.2) is 0 Å². The summed E-state index contributed by atoms with van der Waals surface area (Å²) >= 11 is 0. The van der Waals surface area contributed by atoms with Crippen molar-refractivity contribution in [2.75, 3.05) is 12.8 Å². The van der Waals surface area contributed by atoms with Crippen LogP contribution in [0.25, 0.3) is 0 Å². The Bertz CT molecular complexity index is 183. The van der Waals surface area contributed by atoms with E-state index in [9.17, 15) is 4.79 Å². The standard InChI is InChI=1S/C13H27O2P/c1-5-8-9-12(6-2)10-15-13(14)11(4)16-7-3/h11-12,16H,5-10H2,1-4H3. The number of carbonyl (C=O) groups excluding carboxylic acids is 1. The summed E-state index contributed by atoms with van der Waals surface area (Å²) in [7, 11) is 0.699. The molecule has 0 rings (SSSR count). The van der Waals surface area contributed by atoms with Gasteiger partial charge in [-0.1, -0.05) is 40.0 Å². The van der Waals surface area contributed by atoms with Gasteiger partial charge in [0.2, 0.25) is 0 Å². The van der Waals surface area contributed by atoms with E-state index in [0.29, 0.717) is 21.1 Å². The number of carbonyl (C=O) groups is 1. The number of hydrogen-bond donors (Lipinski definition) is 0. The Kier molecular flexibility index (Phi) is 10.0. The summed E-state index contributed by atoms with van der Waals surface area (Å²) in [5, 5.41) is 0. The van der Waals surface area contributed by atoms with Crippen molar-refractivity contribution >= 4 is 14.6 Å². The first-order chi connectivity index (χ1) is 7.65. The lowest BCUT2D eigenvalue weighted by atomic mass is 10.0. The molecular formula is C13H27O2P. The zero-order chi connectivity index (χ0) is 12.4. The Balaban J connectivity index is 3.78. The van der Waals surface area contributed by atoms with Crippen LogP contribution in [0.5, 0.6) is 0 Å². The monoisotopic (exact) mass is 246 g/mol. The fraction of sp³-hybridized carbons (Fsp3) is 0.923. The van der Waals surface area contributed by atoms with E-state index in [1.54, 1.807) is 0 Å². The lowest BCUT2D eigenvalue weighted by Crippen LogP contribution is -2.20. The summed E-state index contributed by atoms with van der Waals surface area (Å²) in [5.74, 6) is 0.552. The van der Waals surface area contributed by atoms with Crippen molar-refractivity contribution in [2.45, 2.75) is 59.0 Å². The molecule has 0 aromatic rings. The molecule has 3 heteroatoms. The lowest BCUT2D eigenvalue weighted by molar-refractivity contribution is -0.144. The van der Waals surface area contributed by atoms with Gasteiger partial charge in [-0.3, -0.25) is 4.79 Å². The number of esters is 1. The van der Waals surface area contributed by atoms with E-state index in [4.69, 9.17) is 4.74 Å². The van der Waals surface area contributed by atoms with Crippen LogP contribution in [0.3, 0.4) is 0 Å². The summed E-state index contributed by atoms with van der Waals surface area (Å²) in [6.07, 6.45) is 5.83. The van der Waals surface area contributed by atoms with Crippen molar-refractivity contribution in [3.05, 3.63) is 0 Å². The van der Waals surface area contributed by atoms with Crippen LogP contribution < -0.4 is 0 Å². The number of unbranched alkanes of at least 4 members (excludes halogenated alkanes) is 1. The minimum absolute atomic E-state index is 0.00451. The van der Waals surface area contributed by atoms with E-state index in [1.165, 1.54) is 19.3 Å². The second kappa shape index (κ2) is 10.1. The average Bonchev–Trinajstić information content (AvgIpc) is 2.29. The van der Waals surface area contributed by atoms with Crippen LogP contribution in [0, 0.1) is 5.92 Å². The molecule has 16 heavy (non-hydrogen) atoms. The molecule has 0 saturated carbocycles. The van der Waals surface area contributed by atoms with E-state index < -0.39 is 0 Å². The van der Waals surface area contributed by atoms with Gasteiger partial charge >= 0.3 is 5.97 Å². The molecule has 0 saturated heterocycles. The number of rotatable bonds is 9. The molecule has 96 valence electrons. The Hall–Kier alpha value is -0.100. The van der Waals surface area contributed by atoms with Gasteiger partial charge in [0.15, 0.2) is 0 Å². The molecular weight excluding hydrogens is 219 g/mol. The molecule has 0 heterocycles. The fourth-order valence-electron chi connectivity index (χ4n) is 1.61. The summed E-state index contributed by atoms with van der Waals surface area (Å²) in [6, 6.07) is 0. The van der Waals surface area contributed by atoms with Gasteiger partial charge in [-0.2, -0.15) is 0 Å². The summed E-state index contributed by atoms with van der Waals surface area (Å²) < 4.78 is 5.37. The second-order valence-corrected chi connectivity index (χ2v) is 6.31. The molecule has 0 amide bonds. The average molecular weight is 246 g/mol. The molecule has 3 unspecified atom stereocenters. The Morgan fingerprint density at radius 1 is 1.31 bits per heavy atom. The predicted octanol–water partition coefficient (Wildman–Crippen LogP) is 3.83. The number of hydrogen-bond acceptors (Lipinski definition) is 2. The third-order valence-electron chi connectivity index (χ3n) is 2.87. The molecule has 0 spiro atoms. The van der Waals surface area contributed by atoms with Crippen molar-refractivity contribution in [1.82, 2.24) is 0 Å². The van der Waals surface area contributed by atoms with Gasteiger partial charge in [-0.15, -0.1) is 8.58 Å². The largest absolute Gasteiger partial charge is 0.465 e. The third kappa shape index (κ3) is 7.22. The van der Waals surface area contributed by atoms with Crippen molar-refractivity contribution in [1.29, 1.82) is 0 Å². The highest BCUT2D eigenvalue weighted by molar-refractivity contribution is 7.40. The van der Waals surface area contributed by atoms with Crippen molar-refractivity contribution < 1.29 is 9.53 Å². The maximum absolute atomic E-state index is 11.6. The van der Waals surface area contributed by atoms with Crippen LogP contribution in [-0.4, -0.2) is 24.4 Å². The first-order valence-corrected chi connectivity index (χ1v) is 7.84. The first kappa shape index (κ1) is 15.9. The van der Waals surface area contributed by atoms with Gasteiger partial charge in [0.1, 0.15) is 0 Å².